The third-order valence-electron chi connectivity index (χ3n) is 7.00. The topological polar surface area (TPSA) is 123 Å². The fraction of sp³-hybridized carbons (Fsp3) is 0.296. The molecule has 1 aliphatic rings. The summed E-state index contributed by atoms with van der Waals surface area (Å²) in [5.41, 5.74) is 3.60. The predicted octanol–water partition coefficient (Wildman–Crippen LogP) is 3.40. The van der Waals surface area contributed by atoms with Crippen LogP contribution in [0.5, 0.6) is 0 Å². The summed E-state index contributed by atoms with van der Waals surface area (Å²) in [5.74, 6) is 1.89. The van der Waals surface area contributed by atoms with Crippen LogP contribution in [0.25, 0.3) is 17.0 Å². The number of nitrogens with zero attached hydrogens (tertiary/aromatic N) is 8. The molecule has 0 saturated carbocycles. The lowest BCUT2D eigenvalue weighted by Crippen LogP contribution is -2.44. The van der Waals surface area contributed by atoms with Crippen molar-refractivity contribution in [2.75, 3.05) is 23.3 Å². The van der Waals surface area contributed by atoms with Crippen LogP contribution >= 0.6 is 0 Å². The maximum atomic E-state index is 13.6. The van der Waals surface area contributed by atoms with Crippen LogP contribution in [-0.2, 0) is 23.0 Å². The normalized spacial score (nSPS) is 16.0. The lowest BCUT2D eigenvalue weighted by Gasteiger charge is -2.33. The van der Waals surface area contributed by atoms with Crippen LogP contribution in [0.4, 0.5) is 11.6 Å². The molecule has 5 aromatic rings. The van der Waals surface area contributed by atoms with E-state index in [9.17, 15) is 8.42 Å². The minimum absolute atomic E-state index is 0.309. The van der Waals surface area contributed by atoms with E-state index < -0.39 is 15.3 Å². The zero-order chi connectivity index (χ0) is 26.8. The van der Waals surface area contributed by atoms with Gasteiger partial charge in [-0.1, -0.05) is 43.3 Å². The Kier molecular flexibility index (Phi) is 6.69. The van der Waals surface area contributed by atoms with Crippen molar-refractivity contribution in [3.8, 4) is 11.4 Å². The zero-order valence-corrected chi connectivity index (χ0v) is 22.4. The Balaban J connectivity index is 1.28. The molecule has 1 saturated heterocycles. The molecule has 0 spiro atoms. The maximum absolute atomic E-state index is 13.6. The van der Waals surface area contributed by atoms with Crippen LogP contribution in [0.1, 0.15) is 30.9 Å². The molecule has 200 valence electrons. The van der Waals surface area contributed by atoms with Crippen molar-refractivity contribution in [2.45, 2.75) is 38.0 Å². The monoisotopic (exact) mass is 543 g/mol. The minimum atomic E-state index is -3.76. The highest BCUT2D eigenvalue weighted by Gasteiger charge is 2.34. The van der Waals surface area contributed by atoms with Gasteiger partial charge in [-0.15, -0.1) is 9.19 Å². The fourth-order valence-corrected chi connectivity index (χ4v) is 6.37. The second kappa shape index (κ2) is 10.4. The van der Waals surface area contributed by atoms with Gasteiger partial charge >= 0.3 is 0 Å². The van der Waals surface area contributed by atoms with Crippen molar-refractivity contribution < 1.29 is 8.42 Å². The quantitative estimate of drug-likeness (QED) is 0.314. The number of rotatable bonds is 8. The number of nitrogens with one attached hydrogen (secondary N) is 1. The molecule has 11 nitrogen and oxygen atoms in total. The van der Waals surface area contributed by atoms with Gasteiger partial charge in [-0.3, -0.25) is 4.98 Å². The van der Waals surface area contributed by atoms with Crippen LogP contribution in [0.2, 0.25) is 0 Å². The van der Waals surface area contributed by atoms with E-state index >= 15 is 0 Å². The lowest BCUT2D eigenvalue weighted by molar-refractivity contribution is 0.518. The number of aromatic nitrogens is 7. The Morgan fingerprint density at radius 1 is 1.10 bits per heavy atom. The number of fused-ring (bicyclic) bond motifs is 1. The maximum Gasteiger partial charge on any atom is 0.259 e. The molecule has 0 aliphatic carbocycles. The molecule has 6 rings (SSSR count). The Labute approximate surface area is 226 Å². The summed E-state index contributed by atoms with van der Waals surface area (Å²) in [6.07, 6.45) is 8.74. The molecule has 1 unspecified atom stereocenters. The Morgan fingerprint density at radius 3 is 2.77 bits per heavy atom. The first-order valence-corrected chi connectivity index (χ1v) is 14.5. The molecule has 0 bridgehead atoms. The van der Waals surface area contributed by atoms with E-state index in [1.807, 2.05) is 65.8 Å². The molecule has 1 atom stereocenters. The number of hydrogen-bond acceptors (Lipinski definition) is 9. The van der Waals surface area contributed by atoms with Crippen LogP contribution < -0.4 is 10.2 Å². The fourth-order valence-electron chi connectivity index (χ4n) is 4.86. The largest absolute Gasteiger partial charge is 0.366 e. The first-order valence-electron chi connectivity index (χ1n) is 13.0. The van der Waals surface area contributed by atoms with Crippen molar-refractivity contribution in [1.82, 2.24) is 33.8 Å². The molecule has 39 heavy (non-hydrogen) atoms. The van der Waals surface area contributed by atoms with E-state index in [4.69, 9.17) is 4.98 Å². The second-order valence-electron chi connectivity index (χ2n) is 9.54. The molecular weight excluding hydrogens is 514 g/mol. The first-order chi connectivity index (χ1) is 19.0. The van der Waals surface area contributed by atoms with Crippen molar-refractivity contribution >= 4 is 27.3 Å². The number of aryl methyl sites for hydroxylation is 1. The lowest BCUT2D eigenvalue weighted by atomic mass is 10.1. The second-order valence-corrected chi connectivity index (χ2v) is 11.6. The molecule has 1 aliphatic heterocycles. The molecule has 1 aromatic carbocycles. The summed E-state index contributed by atoms with van der Waals surface area (Å²) in [5, 5.41) is 11.7. The molecule has 12 heteroatoms. The smallest absolute Gasteiger partial charge is 0.259 e. The first kappa shape index (κ1) is 25.0. The summed E-state index contributed by atoms with van der Waals surface area (Å²) >= 11 is 0. The Morgan fingerprint density at radius 2 is 1.97 bits per heavy atom. The van der Waals surface area contributed by atoms with Gasteiger partial charge in [-0.05, 0) is 30.9 Å². The summed E-state index contributed by atoms with van der Waals surface area (Å²) in [6.45, 7) is 3.66. The van der Waals surface area contributed by atoms with Crippen LogP contribution in [-0.4, -0.2) is 60.5 Å². The SMILES string of the molecule is CCc1cnn2c(NCc3cccnc3)cc(N3CCCC(S(=O)(=O)n4cnc(-c5ccccc5)n4)C3)nc12. The van der Waals surface area contributed by atoms with Gasteiger partial charge < -0.3 is 10.2 Å². The molecule has 1 fully saturated rings. The van der Waals surface area contributed by atoms with Gasteiger partial charge in [0.05, 0.1) is 11.4 Å². The van der Waals surface area contributed by atoms with Gasteiger partial charge in [0.2, 0.25) is 0 Å². The van der Waals surface area contributed by atoms with E-state index in [2.05, 4.69) is 32.4 Å². The van der Waals surface area contributed by atoms with Crippen molar-refractivity contribution in [2.24, 2.45) is 0 Å². The van der Waals surface area contributed by atoms with Crippen LogP contribution in [0, 0.1) is 0 Å². The number of benzene rings is 1. The highest BCUT2D eigenvalue weighted by atomic mass is 32.2. The molecule has 1 N–H and O–H groups in total. The molecule has 4 aromatic heterocycles. The van der Waals surface area contributed by atoms with Crippen molar-refractivity contribution in [3.05, 3.63) is 84.6 Å². The third-order valence-corrected chi connectivity index (χ3v) is 8.92. The van der Waals surface area contributed by atoms with Gasteiger partial charge in [-0.25, -0.2) is 18.4 Å². The number of anilines is 2. The molecule has 0 amide bonds. The van der Waals surface area contributed by atoms with E-state index in [0.717, 1.165) is 50.9 Å². The van der Waals surface area contributed by atoms with Crippen LogP contribution in [0.3, 0.4) is 0 Å². The van der Waals surface area contributed by atoms with Gasteiger partial charge in [0, 0.05) is 49.2 Å². The average Bonchev–Trinajstić information content (AvgIpc) is 3.65. The van der Waals surface area contributed by atoms with Crippen molar-refractivity contribution in [3.63, 3.8) is 0 Å². The zero-order valence-electron chi connectivity index (χ0n) is 21.6. The van der Waals surface area contributed by atoms with Gasteiger partial charge in [0.15, 0.2) is 11.5 Å². The van der Waals surface area contributed by atoms with E-state index in [-0.39, 0.29) is 0 Å². The number of hydrogen-bond donors (Lipinski definition) is 1. The summed E-state index contributed by atoms with van der Waals surface area (Å²) in [4.78, 5) is 15.4. The Bertz CT molecular complexity index is 1680. The van der Waals surface area contributed by atoms with E-state index in [1.54, 1.807) is 10.7 Å². The number of piperidine rings is 1. The average molecular weight is 544 g/mol. The third kappa shape index (κ3) is 4.94. The minimum Gasteiger partial charge on any atom is -0.366 e. The number of pyridine rings is 1. The van der Waals surface area contributed by atoms with Gasteiger partial charge in [0.25, 0.3) is 10.0 Å². The standard InChI is InChI=1S/C27H29N9O2S/c1-2-21-17-31-36-24(29-16-20-8-6-12-28-15-20)14-25(32-27(21)36)34-13-7-11-23(18-34)39(37,38)35-19-30-26(33-35)22-9-4-3-5-10-22/h3-6,8-10,12,14-15,17,19,23,29H,2,7,11,13,16,18H2,1H3. The summed E-state index contributed by atoms with van der Waals surface area (Å²) in [6, 6.07) is 15.2. The highest BCUT2D eigenvalue weighted by Crippen LogP contribution is 2.27. The molecular formula is C27H29N9O2S. The Hall–Kier alpha value is -4.32. The highest BCUT2D eigenvalue weighted by molar-refractivity contribution is 7.90. The van der Waals surface area contributed by atoms with E-state index in [0.29, 0.717) is 31.9 Å². The predicted molar refractivity (Wildman–Crippen MR) is 149 cm³/mol. The van der Waals surface area contributed by atoms with E-state index in [1.165, 1.54) is 6.33 Å². The molecule has 0 radical (unpaired) electrons. The summed E-state index contributed by atoms with van der Waals surface area (Å²) in [7, 11) is -3.76. The summed E-state index contributed by atoms with van der Waals surface area (Å²) < 4.78 is 30.0. The van der Waals surface area contributed by atoms with Gasteiger partial charge in [-0.2, -0.15) is 9.61 Å². The van der Waals surface area contributed by atoms with Crippen LogP contribution in [0.15, 0.2) is 73.4 Å². The van der Waals surface area contributed by atoms with Crippen molar-refractivity contribution in [1.29, 1.82) is 0 Å². The molecule has 5 heterocycles. The van der Waals surface area contributed by atoms with Gasteiger partial charge in [0.1, 0.15) is 18.0 Å².